The Morgan fingerprint density at radius 1 is 1.25 bits per heavy atom. The number of rotatable bonds is 5. The Bertz CT molecular complexity index is 651. The van der Waals surface area contributed by atoms with E-state index in [1.54, 1.807) is 19.6 Å². The smallest absolute Gasteiger partial charge is 0.317 e. The van der Waals surface area contributed by atoms with Gasteiger partial charge in [-0.3, -0.25) is 0 Å². The van der Waals surface area contributed by atoms with Gasteiger partial charge in [-0.2, -0.15) is 0 Å². The number of anilines is 1. The average molecular weight is 329 g/mol. The average Bonchev–Trinajstić information content (AvgIpc) is 3.15. The Labute approximate surface area is 141 Å². The van der Waals surface area contributed by atoms with Crippen molar-refractivity contribution in [2.24, 2.45) is 0 Å². The van der Waals surface area contributed by atoms with Gasteiger partial charge in [0.2, 0.25) is 0 Å². The van der Waals surface area contributed by atoms with Crippen molar-refractivity contribution in [1.82, 2.24) is 19.8 Å². The van der Waals surface area contributed by atoms with Gasteiger partial charge < -0.3 is 24.4 Å². The minimum atomic E-state index is -0.00482. The molecule has 128 valence electrons. The highest BCUT2D eigenvalue weighted by molar-refractivity contribution is 5.74. The van der Waals surface area contributed by atoms with Crippen LogP contribution in [0.3, 0.4) is 0 Å². The summed E-state index contributed by atoms with van der Waals surface area (Å²) in [5, 5.41) is 2.96. The lowest BCUT2D eigenvalue weighted by atomic mass is 10.2. The predicted octanol–water partition coefficient (Wildman–Crippen LogP) is 1.42. The molecular formula is C17H23N5O2. The van der Waals surface area contributed by atoms with Crippen molar-refractivity contribution in [2.45, 2.75) is 6.54 Å². The topological polar surface area (TPSA) is 62.6 Å². The first-order valence-electron chi connectivity index (χ1n) is 8.14. The quantitative estimate of drug-likeness (QED) is 0.901. The third-order valence-electron chi connectivity index (χ3n) is 4.20. The van der Waals surface area contributed by atoms with Gasteiger partial charge in [0.15, 0.2) is 0 Å². The van der Waals surface area contributed by atoms with Gasteiger partial charge >= 0.3 is 6.03 Å². The van der Waals surface area contributed by atoms with E-state index in [1.165, 1.54) is 0 Å². The van der Waals surface area contributed by atoms with Crippen molar-refractivity contribution in [1.29, 1.82) is 0 Å². The third-order valence-corrected chi connectivity index (χ3v) is 4.20. The predicted molar refractivity (Wildman–Crippen MR) is 92.4 cm³/mol. The number of carbonyl (C=O) groups is 1. The zero-order chi connectivity index (χ0) is 16.8. The first-order valence-corrected chi connectivity index (χ1v) is 8.14. The molecule has 1 aromatic heterocycles. The van der Waals surface area contributed by atoms with Gasteiger partial charge in [0.25, 0.3) is 0 Å². The third kappa shape index (κ3) is 3.79. The van der Waals surface area contributed by atoms with Crippen molar-refractivity contribution in [3.8, 4) is 5.75 Å². The number of ether oxygens (including phenoxy) is 1. The number of nitrogens with one attached hydrogen (secondary N) is 1. The molecule has 0 bridgehead atoms. The molecule has 2 heterocycles. The number of imidazole rings is 1. The van der Waals surface area contributed by atoms with Gasteiger partial charge in [-0.15, -0.1) is 0 Å². The first kappa shape index (κ1) is 16.2. The van der Waals surface area contributed by atoms with E-state index in [4.69, 9.17) is 4.74 Å². The van der Waals surface area contributed by atoms with Crippen LogP contribution in [0.4, 0.5) is 10.5 Å². The lowest BCUT2D eigenvalue weighted by molar-refractivity contribution is 0.194. The van der Waals surface area contributed by atoms with E-state index in [0.717, 1.165) is 31.1 Å². The van der Waals surface area contributed by atoms with Gasteiger partial charge in [0, 0.05) is 51.7 Å². The SMILES string of the molecule is COc1ccccc1N1CCN(C(=O)NCCn2ccnc2)CC1. The summed E-state index contributed by atoms with van der Waals surface area (Å²) in [6.07, 6.45) is 5.37. The second-order valence-corrected chi connectivity index (χ2v) is 5.68. The van der Waals surface area contributed by atoms with Gasteiger partial charge in [-0.25, -0.2) is 9.78 Å². The molecule has 2 amide bonds. The van der Waals surface area contributed by atoms with Crippen molar-refractivity contribution >= 4 is 11.7 Å². The summed E-state index contributed by atoms with van der Waals surface area (Å²) >= 11 is 0. The van der Waals surface area contributed by atoms with E-state index in [9.17, 15) is 4.79 Å². The van der Waals surface area contributed by atoms with Gasteiger partial charge in [0.05, 0.1) is 19.1 Å². The number of carbonyl (C=O) groups excluding carboxylic acids is 1. The second-order valence-electron chi connectivity index (χ2n) is 5.68. The monoisotopic (exact) mass is 329 g/mol. The molecule has 1 N–H and O–H groups in total. The van der Waals surface area contributed by atoms with E-state index in [-0.39, 0.29) is 6.03 Å². The minimum absolute atomic E-state index is 0.00482. The fraction of sp³-hybridized carbons (Fsp3) is 0.412. The molecule has 1 aliphatic heterocycles. The molecule has 1 aromatic carbocycles. The molecule has 24 heavy (non-hydrogen) atoms. The van der Waals surface area contributed by atoms with E-state index in [1.807, 2.05) is 33.9 Å². The van der Waals surface area contributed by atoms with Crippen LogP contribution in [-0.2, 0) is 6.54 Å². The van der Waals surface area contributed by atoms with E-state index < -0.39 is 0 Å². The number of piperazine rings is 1. The van der Waals surface area contributed by atoms with Crippen molar-refractivity contribution in [3.63, 3.8) is 0 Å². The number of nitrogens with zero attached hydrogens (tertiary/aromatic N) is 4. The molecule has 0 saturated carbocycles. The van der Waals surface area contributed by atoms with Crippen molar-refractivity contribution in [2.75, 3.05) is 44.7 Å². The summed E-state index contributed by atoms with van der Waals surface area (Å²) in [6.45, 7) is 4.34. The summed E-state index contributed by atoms with van der Waals surface area (Å²) in [7, 11) is 1.68. The Kier molecular flexibility index (Phi) is 5.20. The zero-order valence-corrected chi connectivity index (χ0v) is 13.9. The van der Waals surface area contributed by atoms with Crippen LogP contribution >= 0.6 is 0 Å². The molecule has 7 nitrogen and oxygen atoms in total. The van der Waals surface area contributed by atoms with Gasteiger partial charge in [-0.1, -0.05) is 12.1 Å². The molecule has 0 atom stereocenters. The van der Waals surface area contributed by atoms with E-state index in [2.05, 4.69) is 21.3 Å². The Morgan fingerprint density at radius 3 is 2.75 bits per heavy atom. The molecular weight excluding hydrogens is 306 g/mol. The number of hydrogen-bond donors (Lipinski definition) is 1. The Balaban J connectivity index is 1.46. The highest BCUT2D eigenvalue weighted by Gasteiger charge is 2.22. The molecule has 1 aliphatic rings. The highest BCUT2D eigenvalue weighted by Crippen LogP contribution is 2.28. The van der Waals surface area contributed by atoms with Crippen LogP contribution in [0, 0.1) is 0 Å². The summed E-state index contributed by atoms with van der Waals surface area (Å²) in [5.41, 5.74) is 1.08. The molecule has 0 spiro atoms. The van der Waals surface area contributed by atoms with Gasteiger partial charge in [0.1, 0.15) is 5.75 Å². The zero-order valence-electron chi connectivity index (χ0n) is 13.9. The number of methoxy groups -OCH3 is 1. The Morgan fingerprint density at radius 2 is 2.04 bits per heavy atom. The normalized spacial score (nSPS) is 14.5. The van der Waals surface area contributed by atoms with Crippen LogP contribution in [0.25, 0.3) is 0 Å². The summed E-state index contributed by atoms with van der Waals surface area (Å²) < 4.78 is 7.36. The Hall–Kier alpha value is -2.70. The summed E-state index contributed by atoms with van der Waals surface area (Å²) in [6, 6.07) is 7.98. The minimum Gasteiger partial charge on any atom is -0.495 e. The molecule has 3 rings (SSSR count). The maximum Gasteiger partial charge on any atom is 0.317 e. The standard InChI is InChI=1S/C17H23N5O2/c1-24-16-5-3-2-4-15(16)21-10-12-22(13-11-21)17(23)19-7-9-20-8-6-18-14-20/h2-6,8,14H,7,9-13H2,1H3,(H,19,23). The fourth-order valence-electron chi connectivity index (χ4n) is 2.86. The molecule has 7 heteroatoms. The summed E-state index contributed by atoms with van der Waals surface area (Å²) in [4.78, 5) is 20.3. The van der Waals surface area contributed by atoms with Crippen LogP contribution < -0.4 is 15.0 Å². The maximum atomic E-state index is 12.2. The largest absolute Gasteiger partial charge is 0.495 e. The second kappa shape index (κ2) is 7.72. The molecule has 0 aliphatic carbocycles. The molecule has 1 saturated heterocycles. The molecule has 1 fully saturated rings. The highest BCUT2D eigenvalue weighted by atomic mass is 16.5. The number of para-hydroxylation sites is 2. The molecule has 2 aromatic rings. The number of aromatic nitrogens is 2. The first-order chi connectivity index (χ1) is 11.8. The van der Waals surface area contributed by atoms with Crippen molar-refractivity contribution < 1.29 is 9.53 Å². The summed E-state index contributed by atoms with van der Waals surface area (Å²) in [5.74, 6) is 0.871. The van der Waals surface area contributed by atoms with E-state index in [0.29, 0.717) is 19.6 Å². The molecule has 0 unspecified atom stereocenters. The van der Waals surface area contributed by atoms with Crippen molar-refractivity contribution in [3.05, 3.63) is 43.0 Å². The lowest BCUT2D eigenvalue weighted by Crippen LogP contribution is -2.52. The van der Waals surface area contributed by atoms with Gasteiger partial charge in [-0.05, 0) is 12.1 Å². The lowest BCUT2D eigenvalue weighted by Gasteiger charge is -2.36. The van der Waals surface area contributed by atoms with E-state index >= 15 is 0 Å². The number of hydrogen-bond acceptors (Lipinski definition) is 4. The van der Waals surface area contributed by atoms with Crippen LogP contribution in [0.15, 0.2) is 43.0 Å². The van der Waals surface area contributed by atoms with Crippen LogP contribution in [0.5, 0.6) is 5.75 Å². The van der Waals surface area contributed by atoms with Crippen LogP contribution in [0.2, 0.25) is 0 Å². The number of benzene rings is 1. The fourth-order valence-corrected chi connectivity index (χ4v) is 2.86. The number of urea groups is 1. The van der Waals surface area contributed by atoms with Crippen LogP contribution in [-0.4, -0.2) is 60.3 Å². The van der Waals surface area contributed by atoms with Crippen LogP contribution in [0.1, 0.15) is 0 Å². The molecule has 0 radical (unpaired) electrons. The maximum absolute atomic E-state index is 12.2. The number of amides is 2.